The van der Waals surface area contributed by atoms with Gasteiger partial charge >= 0.3 is 0 Å². The van der Waals surface area contributed by atoms with E-state index in [1.807, 2.05) is 95.8 Å². The summed E-state index contributed by atoms with van der Waals surface area (Å²) in [7, 11) is 3.81. The maximum atomic E-state index is 13.9. The molecular formula is C28H33N5O3. The molecule has 188 valence electrons. The number of fused-ring (bicyclic) bond motifs is 1. The summed E-state index contributed by atoms with van der Waals surface area (Å²) < 4.78 is 11.0. The van der Waals surface area contributed by atoms with Crippen molar-refractivity contribution in [1.29, 1.82) is 0 Å². The van der Waals surface area contributed by atoms with Gasteiger partial charge in [0.2, 0.25) is 0 Å². The van der Waals surface area contributed by atoms with E-state index in [1.54, 1.807) is 4.68 Å². The molecule has 3 heterocycles. The first-order valence-corrected chi connectivity index (χ1v) is 12.4. The van der Waals surface area contributed by atoms with Gasteiger partial charge in [0.25, 0.3) is 11.5 Å². The smallest absolute Gasteiger partial charge is 0.276 e. The fourth-order valence-corrected chi connectivity index (χ4v) is 4.99. The van der Waals surface area contributed by atoms with Gasteiger partial charge in [0, 0.05) is 56.9 Å². The first-order valence-electron chi connectivity index (χ1n) is 12.4. The van der Waals surface area contributed by atoms with Gasteiger partial charge in [-0.2, -0.15) is 0 Å². The molecular weight excluding hydrogens is 454 g/mol. The lowest BCUT2D eigenvalue weighted by atomic mass is 10.2. The fraction of sp³-hybridized carbons (Fsp3) is 0.357. The van der Waals surface area contributed by atoms with Gasteiger partial charge in [0.05, 0.1) is 31.0 Å². The number of carbonyl (C=O) groups excluding carboxylic acids is 1. The predicted octanol–water partition coefficient (Wildman–Crippen LogP) is 2.95. The van der Waals surface area contributed by atoms with Gasteiger partial charge < -0.3 is 14.2 Å². The lowest BCUT2D eigenvalue weighted by Crippen LogP contribution is -2.43. The van der Waals surface area contributed by atoms with Crippen molar-refractivity contribution in [3.05, 3.63) is 88.0 Å². The van der Waals surface area contributed by atoms with Crippen LogP contribution < -0.4 is 5.56 Å². The number of aryl methyl sites for hydroxylation is 1. The van der Waals surface area contributed by atoms with Crippen LogP contribution in [0.1, 0.15) is 21.7 Å². The number of hydrogen-bond donors (Lipinski definition) is 0. The minimum Gasteiger partial charge on any atom is -0.379 e. The molecule has 0 unspecified atom stereocenters. The highest BCUT2D eigenvalue weighted by molar-refractivity contribution is 5.98. The second-order valence-corrected chi connectivity index (χ2v) is 9.37. The monoisotopic (exact) mass is 487 g/mol. The molecule has 0 N–H and O–H groups in total. The average Bonchev–Trinajstić information content (AvgIpc) is 3.35. The van der Waals surface area contributed by atoms with E-state index in [-0.39, 0.29) is 18.0 Å². The normalized spacial score (nSPS) is 14.4. The Hall–Kier alpha value is -3.62. The summed E-state index contributed by atoms with van der Waals surface area (Å²) in [4.78, 5) is 31.7. The third-order valence-corrected chi connectivity index (χ3v) is 7.27. The molecule has 0 bridgehead atoms. The Morgan fingerprint density at radius 3 is 2.42 bits per heavy atom. The highest BCUT2D eigenvalue weighted by Gasteiger charge is 2.25. The molecule has 0 aliphatic carbocycles. The molecule has 36 heavy (non-hydrogen) atoms. The zero-order valence-corrected chi connectivity index (χ0v) is 21.2. The van der Waals surface area contributed by atoms with Crippen LogP contribution in [0.2, 0.25) is 0 Å². The SMILES string of the molecule is Cc1c(CN(CCN2CCOCC2)C(=O)c2cc3ccccc3n2C)c(=O)n(-c2ccccc2)n1C. The summed E-state index contributed by atoms with van der Waals surface area (Å²) in [5, 5.41) is 1.03. The molecule has 1 saturated heterocycles. The molecule has 0 spiro atoms. The molecule has 1 fully saturated rings. The summed E-state index contributed by atoms with van der Waals surface area (Å²) in [6.07, 6.45) is 0. The summed E-state index contributed by atoms with van der Waals surface area (Å²) in [6, 6.07) is 19.5. The molecule has 0 saturated carbocycles. The van der Waals surface area contributed by atoms with E-state index in [0.717, 1.165) is 41.9 Å². The van der Waals surface area contributed by atoms with Crippen LogP contribution in [-0.4, -0.2) is 69.0 Å². The van der Waals surface area contributed by atoms with Crippen LogP contribution in [0.25, 0.3) is 16.6 Å². The van der Waals surface area contributed by atoms with Gasteiger partial charge in [-0.1, -0.05) is 36.4 Å². The van der Waals surface area contributed by atoms with Gasteiger partial charge in [0.1, 0.15) is 5.69 Å². The molecule has 4 aromatic rings. The summed E-state index contributed by atoms with van der Waals surface area (Å²) in [5.41, 5.74) is 3.83. The summed E-state index contributed by atoms with van der Waals surface area (Å²) in [6.45, 7) is 6.56. The zero-order valence-electron chi connectivity index (χ0n) is 21.2. The van der Waals surface area contributed by atoms with Crippen molar-refractivity contribution in [3.63, 3.8) is 0 Å². The Balaban J connectivity index is 1.50. The molecule has 1 amide bonds. The highest BCUT2D eigenvalue weighted by atomic mass is 16.5. The van der Waals surface area contributed by atoms with Crippen molar-refractivity contribution in [3.8, 4) is 5.69 Å². The van der Waals surface area contributed by atoms with E-state index in [9.17, 15) is 9.59 Å². The molecule has 5 rings (SSSR count). The van der Waals surface area contributed by atoms with Crippen LogP contribution in [0.5, 0.6) is 0 Å². The van der Waals surface area contributed by atoms with Gasteiger partial charge in [-0.25, -0.2) is 4.68 Å². The Labute approximate surface area is 210 Å². The van der Waals surface area contributed by atoms with Crippen molar-refractivity contribution < 1.29 is 9.53 Å². The fourth-order valence-electron chi connectivity index (χ4n) is 4.99. The Morgan fingerprint density at radius 2 is 1.69 bits per heavy atom. The minimum atomic E-state index is -0.0950. The first kappa shape index (κ1) is 24.1. The van der Waals surface area contributed by atoms with Crippen LogP contribution >= 0.6 is 0 Å². The Bertz CT molecular complexity index is 1430. The number of nitrogens with zero attached hydrogens (tertiary/aromatic N) is 5. The number of amides is 1. The van der Waals surface area contributed by atoms with Crippen LogP contribution in [0.3, 0.4) is 0 Å². The largest absolute Gasteiger partial charge is 0.379 e. The highest BCUT2D eigenvalue weighted by Crippen LogP contribution is 2.21. The molecule has 8 heteroatoms. The second kappa shape index (κ2) is 10.2. The standard InChI is InChI=1S/C28H33N5O3/c1-21-24(27(34)33(30(21)3)23-10-5-4-6-11-23)20-32(14-13-31-15-17-36-18-16-31)28(35)26-19-22-9-7-8-12-25(22)29(26)2/h4-12,19H,13-18,20H2,1-3H3. The number of para-hydroxylation sites is 2. The predicted molar refractivity (Wildman–Crippen MR) is 141 cm³/mol. The van der Waals surface area contributed by atoms with E-state index in [0.29, 0.717) is 31.0 Å². The lowest BCUT2D eigenvalue weighted by Gasteiger charge is -2.30. The first-order chi connectivity index (χ1) is 17.5. The number of aromatic nitrogens is 3. The number of hydrogen-bond acceptors (Lipinski definition) is 4. The maximum Gasteiger partial charge on any atom is 0.276 e. The average molecular weight is 488 g/mol. The second-order valence-electron chi connectivity index (χ2n) is 9.37. The number of benzene rings is 2. The van der Waals surface area contributed by atoms with E-state index in [2.05, 4.69) is 4.90 Å². The molecule has 0 atom stereocenters. The number of rotatable bonds is 7. The Kier molecular flexibility index (Phi) is 6.80. The van der Waals surface area contributed by atoms with E-state index in [4.69, 9.17) is 4.74 Å². The third kappa shape index (κ3) is 4.50. The number of morpholine rings is 1. The van der Waals surface area contributed by atoms with Crippen molar-refractivity contribution in [1.82, 2.24) is 23.7 Å². The van der Waals surface area contributed by atoms with Crippen LogP contribution in [0, 0.1) is 6.92 Å². The van der Waals surface area contributed by atoms with Gasteiger partial charge in [-0.05, 0) is 31.2 Å². The molecule has 1 aliphatic heterocycles. The van der Waals surface area contributed by atoms with Crippen LogP contribution in [0.4, 0.5) is 0 Å². The summed E-state index contributed by atoms with van der Waals surface area (Å²) >= 11 is 0. The van der Waals surface area contributed by atoms with Crippen molar-refractivity contribution >= 4 is 16.8 Å². The molecule has 1 aliphatic rings. The molecule has 8 nitrogen and oxygen atoms in total. The lowest BCUT2D eigenvalue weighted by molar-refractivity contribution is 0.0319. The summed E-state index contributed by atoms with van der Waals surface area (Å²) in [5.74, 6) is -0.0733. The number of ether oxygens (including phenoxy) is 1. The van der Waals surface area contributed by atoms with E-state index in [1.165, 1.54) is 0 Å². The Morgan fingerprint density at radius 1 is 1.00 bits per heavy atom. The van der Waals surface area contributed by atoms with E-state index < -0.39 is 0 Å². The zero-order chi connectivity index (χ0) is 25.2. The van der Waals surface area contributed by atoms with Crippen molar-refractivity contribution in [2.75, 3.05) is 39.4 Å². The minimum absolute atomic E-state index is 0.0733. The van der Waals surface area contributed by atoms with Crippen molar-refractivity contribution in [2.24, 2.45) is 14.1 Å². The van der Waals surface area contributed by atoms with Gasteiger partial charge in [-0.15, -0.1) is 0 Å². The quantitative estimate of drug-likeness (QED) is 0.402. The van der Waals surface area contributed by atoms with Crippen LogP contribution in [0.15, 0.2) is 65.5 Å². The molecule has 2 aromatic heterocycles. The van der Waals surface area contributed by atoms with Gasteiger partial charge in [0.15, 0.2) is 0 Å². The maximum absolute atomic E-state index is 13.9. The van der Waals surface area contributed by atoms with Crippen molar-refractivity contribution in [2.45, 2.75) is 13.5 Å². The van der Waals surface area contributed by atoms with Gasteiger partial charge in [-0.3, -0.25) is 19.2 Å². The molecule has 2 aromatic carbocycles. The molecule has 0 radical (unpaired) electrons. The third-order valence-electron chi connectivity index (χ3n) is 7.27. The van der Waals surface area contributed by atoms with E-state index >= 15 is 0 Å². The van der Waals surface area contributed by atoms with Crippen LogP contribution in [-0.2, 0) is 25.4 Å². The number of carbonyl (C=O) groups is 1. The topological polar surface area (TPSA) is 64.6 Å².